The number of hydrogen-bond acceptors (Lipinski definition) is 5. The summed E-state index contributed by atoms with van der Waals surface area (Å²) in [5.74, 6) is 1.78. The number of carbonyl (C=O) groups is 2. The zero-order chi connectivity index (χ0) is 17.2. The van der Waals surface area contributed by atoms with E-state index in [4.69, 9.17) is 4.74 Å². The van der Waals surface area contributed by atoms with E-state index in [9.17, 15) is 9.59 Å². The Morgan fingerprint density at radius 3 is 2.62 bits per heavy atom. The molecule has 1 aromatic carbocycles. The molecular formula is C18H26N2O3S. The highest BCUT2D eigenvalue weighted by atomic mass is 32.2. The number of ether oxygens (including phenoxy) is 1. The Hall–Kier alpha value is -1.53. The molecule has 0 radical (unpaired) electrons. The van der Waals surface area contributed by atoms with E-state index in [1.165, 1.54) is 0 Å². The second-order valence-electron chi connectivity index (χ2n) is 5.72. The van der Waals surface area contributed by atoms with Gasteiger partial charge < -0.3 is 10.1 Å². The molecule has 1 fully saturated rings. The molecule has 1 N–H and O–H groups in total. The molecule has 24 heavy (non-hydrogen) atoms. The molecule has 1 amide bonds. The molecule has 0 aromatic heterocycles. The average Bonchev–Trinajstić information content (AvgIpc) is 2.62. The van der Waals surface area contributed by atoms with Crippen LogP contribution in [-0.2, 0) is 14.3 Å². The number of benzene rings is 1. The van der Waals surface area contributed by atoms with Crippen molar-refractivity contribution in [3.8, 4) is 0 Å². The van der Waals surface area contributed by atoms with E-state index >= 15 is 0 Å². The molecule has 2 rings (SSSR count). The van der Waals surface area contributed by atoms with Crippen molar-refractivity contribution < 1.29 is 14.3 Å². The van der Waals surface area contributed by atoms with Crippen LogP contribution >= 0.6 is 11.8 Å². The molecular weight excluding hydrogens is 324 g/mol. The minimum absolute atomic E-state index is 0.0450. The van der Waals surface area contributed by atoms with E-state index in [0.717, 1.165) is 36.6 Å². The maximum absolute atomic E-state index is 12.7. The number of carbonyl (C=O) groups excluding carboxylic acids is 2. The van der Waals surface area contributed by atoms with Crippen molar-refractivity contribution in [1.29, 1.82) is 0 Å². The van der Waals surface area contributed by atoms with Gasteiger partial charge in [0.25, 0.3) is 0 Å². The van der Waals surface area contributed by atoms with Gasteiger partial charge in [-0.3, -0.25) is 14.5 Å². The van der Waals surface area contributed by atoms with Crippen LogP contribution in [0.15, 0.2) is 30.3 Å². The molecule has 1 atom stereocenters. The van der Waals surface area contributed by atoms with Crippen molar-refractivity contribution in [3.05, 3.63) is 35.9 Å². The highest BCUT2D eigenvalue weighted by Gasteiger charge is 2.28. The fourth-order valence-corrected chi connectivity index (χ4v) is 3.60. The van der Waals surface area contributed by atoms with Crippen LogP contribution in [0.4, 0.5) is 0 Å². The molecule has 1 aromatic rings. The van der Waals surface area contributed by atoms with Gasteiger partial charge in [0.2, 0.25) is 5.91 Å². The standard InChI is InChI=1S/C18H26N2O3S/c1-2-12-23-16(21)8-9-19-18(22)17(15-6-4-3-5-7-15)20-10-13-24-14-11-20/h3-7,17H,2,8-14H2,1H3,(H,19,22). The van der Waals surface area contributed by atoms with Crippen LogP contribution in [0.3, 0.4) is 0 Å². The third kappa shape index (κ3) is 5.83. The van der Waals surface area contributed by atoms with Crippen molar-refractivity contribution in [2.45, 2.75) is 25.8 Å². The predicted molar refractivity (Wildman–Crippen MR) is 97.0 cm³/mol. The molecule has 1 saturated heterocycles. The lowest BCUT2D eigenvalue weighted by atomic mass is 10.0. The first-order chi connectivity index (χ1) is 11.7. The molecule has 1 aliphatic heterocycles. The summed E-state index contributed by atoms with van der Waals surface area (Å²) in [6.45, 7) is 4.50. The number of thioether (sulfide) groups is 1. The van der Waals surface area contributed by atoms with E-state index in [1.54, 1.807) is 0 Å². The van der Waals surface area contributed by atoms with Gasteiger partial charge in [-0.15, -0.1) is 0 Å². The Labute approximate surface area is 148 Å². The summed E-state index contributed by atoms with van der Waals surface area (Å²) in [6.07, 6.45) is 1.02. The summed E-state index contributed by atoms with van der Waals surface area (Å²) < 4.78 is 5.03. The molecule has 0 saturated carbocycles. The lowest BCUT2D eigenvalue weighted by molar-refractivity contribution is -0.143. The Morgan fingerprint density at radius 1 is 1.25 bits per heavy atom. The summed E-state index contributed by atoms with van der Waals surface area (Å²) in [7, 11) is 0. The Bertz CT molecular complexity index is 518. The maximum Gasteiger partial charge on any atom is 0.307 e. The lowest BCUT2D eigenvalue weighted by Gasteiger charge is -2.33. The molecule has 0 spiro atoms. The number of nitrogens with zero attached hydrogens (tertiary/aromatic N) is 1. The first-order valence-electron chi connectivity index (χ1n) is 8.52. The molecule has 1 aliphatic rings. The first kappa shape index (κ1) is 18.8. The van der Waals surface area contributed by atoms with E-state index < -0.39 is 0 Å². The quantitative estimate of drug-likeness (QED) is 0.729. The van der Waals surface area contributed by atoms with Gasteiger partial charge in [0, 0.05) is 31.1 Å². The van der Waals surface area contributed by atoms with E-state index in [2.05, 4.69) is 10.2 Å². The van der Waals surface area contributed by atoms with Gasteiger partial charge in [0.05, 0.1) is 13.0 Å². The van der Waals surface area contributed by atoms with Gasteiger partial charge in [-0.25, -0.2) is 0 Å². The van der Waals surface area contributed by atoms with E-state index in [1.807, 2.05) is 49.0 Å². The van der Waals surface area contributed by atoms with Crippen LogP contribution in [0.1, 0.15) is 31.4 Å². The van der Waals surface area contributed by atoms with Crippen LogP contribution in [0, 0.1) is 0 Å². The zero-order valence-electron chi connectivity index (χ0n) is 14.2. The largest absolute Gasteiger partial charge is 0.466 e. The van der Waals surface area contributed by atoms with Crippen LogP contribution in [-0.4, -0.2) is 54.5 Å². The van der Waals surface area contributed by atoms with Crippen molar-refractivity contribution in [2.75, 3.05) is 37.7 Å². The van der Waals surface area contributed by atoms with Gasteiger partial charge in [-0.1, -0.05) is 37.3 Å². The van der Waals surface area contributed by atoms with Crippen molar-refractivity contribution >= 4 is 23.6 Å². The summed E-state index contributed by atoms with van der Waals surface area (Å²) in [6, 6.07) is 9.54. The minimum atomic E-state index is -0.293. The number of esters is 1. The average molecular weight is 350 g/mol. The summed E-state index contributed by atoms with van der Waals surface area (Å²) >= 11 is 1.92. The van der Waals surface area contributed by atoms with Gasteiger partial charge in [0.15, 0.2) is 0 Å². The summed E-state index contributed by atoms with van der Waals surface area (Å²) in [4.78, 5) is 26.5. The molecule has 5 nitrogen and oxygen atoms in total. The van der Waals surface area contributed by atoms with Crippen LogP contribution < -0.4 is 5.32 Å². The monoisotopic (exact) mass is 350 g/mol. The van der Waals surface area contributed by atoms with Crippen molar-refractivity contribution in [2.24, 2.45) is 0 Å². The second-order valence-corrected chi connectivity index (χ2v) is 6.95. The number of nitrogens with one attached hydrogen (secondary N) is 1. The highest BCUT2D eigenvalue weighted by Crippen LogP contribution is 2.24. The molecule has 1 heterocycles. The third-order valence-electron chi connectivity index (χ3n) is 3.87. The van der Waals surface area contributed by atoms with Gasteiger partial charge in [-0.2, -0.15) is 11.8 Å². The Kier molecular flexibility index (Phi) is 8.12. The van der Waals surface area contributed by atoms with Crippen molar-refractivity contribution in [1.82, 2.24) is 10.2 Å². The lowest BCUT2D eigenvalue weighted by Crippen LogP contribution is -2.44. The SMILES string of the molecule is CCCOC(=O)CCNC(=O)C(c1ccccc1)N1CCSCC1. The molecule has 132 valence electrons. The third-order valence-corrected chi connectivity index (χ3v) is 4.81. The van der Waals surface area contributed by atoms with Gasteiger partial charge >= 0.3 is 5.97 Å². The maximum atomic E-state index is 12.7. The van der Waals surface area contributed by atoms with Crippen LogP contribution in [0.25, 0.3) is 0 Å². The molecule has 0 aliphatic carbocycles. The van der Waals surface area contributed by atoms with Crippen molar-refractivity contribution in [3.63, 3.8) is 0 Å². The van der Waals surface area contributed by atoms with Crippen LogP contribution in [0.5, 0.6) is 0 Å². The van der Waals surface area contributed by atoms with Gasteiger partial charge in [-0.05, 0) is 12.0 Å². The summed E-state index contributed by atoms with van der Waals surface area (Å²) in [5, 5.41) is 2.90. The molecule has 6 heteroatoms. The fraction of sp³-hybridized carbons (Fsp3) is 0.556. The first-order valence-corrected chi connectivity index (χ1v) is 9.68. The normalized spacial score (nSPS) is 16.4. The topological polar surface area (TPSA) is 58.6 Å². The number of amides is 1. The number of rotatable bonds is 8. The molecule has 0 bridgehead atoms. The second kappa shape index (κ2) is 10.4. The van der Waals surface area contributed by atoms with E-state index in [-0.39, 0.29) is 24.3 Å². The smallest absolute Gasteiger partial charge is 0.307 e. The van der Waals surface area contributed by atoms with Crippen LogP contribution in [0.2, 0.25) is 0 Å². The predicted octanol–water partition coefficient (Wildman–Crippen LogP) is 2.24. The molecule has 1 unspecified atom stereocenters. The van der Waals surface area contributed by atoms with Gasteiger partial charge in [0.1, 0.15) is 6.04 Å². The highest BCUT2D eigenvalue weighted by molar-refractivity contribution is 7.99. The number of hydrogen-bond donors (Lipinski definition) is 1. The van der Waals surface area contributed by atoms with E-state index in [0.29, 0.717) is 13.2 Å². The Balaban J connectivity index is 1.93. The Morgan fingerprint density at radius 2 is 1.96 bits per heavy atom. The fourth-order valence-electron chi connectivity index (χ4n) is 2.67. The minimum Gasteiger partial charge on any atom is -0.466 e. The zero-order valence-corrected chi connectivity index (χ0v) is 15.0. The summed E-state index contributed by atoms with van der Waals surface area (Å²) in [5.41, 5.74) is 0.996.